The zero-order valence-electron chi connectivity index (χ0n) is 10.1. The van der Waals surface area contributed by atoms with Crippen LogP contribution in [0.5, 0.6) is 0 Å². The zero-order valence-corrected chi connectivity index (χ0v) is 10.9. The number of aldehydes is 1. The Labute approximate surface area is 116 Å². The van der Waals surface area contributed by atoms with Crippen LogP contribution in [0.1, 0.15) is 10.4 Å². The molecular formula is C17H11ClO. The van der Waals surface area contributed by atoms with Crippen molar-refractivity contribution >= 4 is 28.7 Å². The van der Waals surface area contributed by atoms with E-state index >= 15 is 0 Å². The van der Waals surface area contributed by atoms with Crippen LogP contribution in [-0.2, 0) is 0 Å². The molecule has 0 aromatic heterocycles. The largest absolute Gasteiger partial charge is 0.298 e. The Hall–Kier alpha value is -2.12. The van der Waals surface area contributed by atoms with Gasteiger partial charge < -0.3 is 0 Å². The van der Waals surface area contributed by atoms with E-state index in [-0.39, 0.29) is 0 Å². The van der Waals surface area contributed by atoms with E-state index < -0.39 is 0 Å². The second-order valence-electron chi connectivity index (χ2n) is 4.37. The lowest BCUT2D eigenvalue weighted by atomic mass is 9.96. The summed E-state index contributed by atoms with van der Waals surface area (Å²) in [5, 5.41) is 2.77. The van der Waals surface area contributed by atoms with Gasteiger partial charge in [0.1, 0.15) is 0 Å². The lowest BCUT2D eigenvalue weighted by Gasteiger charge is -2.08. The number of benzene rings is 3. The second-order valence-corrected chi connectivity index (χ2v) is 4.81. The van der Waals surface area contributed by atoms with Gasteiger partial charge in [-0.1, -0.05) is 60.1 Å². The highest BCUT2D eigenvalue weighted by atomic mass is 35.5. The maximum Gasteiger partial charge on any atom is 0.150 e. The first kappa shape index (κ1) is 11.9. The molecule has 0 radical (unpaired) electrons. The Morgan fingerprint density at radius 2 is 1.47 bits per heavy atom. The fourth-order valence-electron chi connectivity index (χ4n) is 2.32. The molecule has 19 heavy (non-hydrogen) atoms. The summed E-state index contributed by atoms with van der Waals surface area (Å²) in [4.78, 5) is 11.1. The number of rotatable bonds is 2. The van der Waals surface area contributed by atoms with Crippen LogP contribution in [0.2, 0.25) is 5.02 Å². The molecule has 0 saturated carbocycles. The van der Waals surface area contributed by atoms with Crippen LogP contribution in [0, 0.1) is 0 Å². The van der Waals surface area contributed by atoms with Gasteiger partial charge in [-0.25, -0.2) is 0 Å². The molecule has 0 unspecified atom stereocenters. The van der Waals surface area contributed by atoms with Crippen LogP contribution in [0.15, 0.2) is 60.7 Å². The normalized spacial score (nSPS) is 10.6. The van der Waals surface area contributed by atoms with Gasteiger partial charge in [0, 0.05) is 10.6 Å². The Bertz CT molecular complexity index is 745. The first-order valence-corrected chi connectivity index (χ1v) is 6.40. The van der Waals surface area contributed by atoms with E-state index in [1.54, 1.807) is 0 Å². The van der Waals surface area contributed by atoms with E-state index in [1.807, 2.05) is 54.6 Å². The van der Waals surface area contributed by atoms with Gasteiger partial charge in [0.15, 0.2) is 6.29 Å². The molecule has 0 amide bonds. The third-order valence-corrected chi connectivity index (χ3v) is 3.49. The predicted octanol–water partition coefficient (Wildman–Crippen LogP) is 4.97. The summed E-state index contributed by atoms with van der Waals surface area (Å²) in [6.07, 6.45) is 0.897. The SMILES string of the molecule is O=Cc1cccc2c(-c3ccc(Cl)cc3)cccc12. The summed E-state index contributed by atoms with van der Waals surface area (Å²) in [5.41, 5.74) is 2.92. The summed E-state index contributed by atoms with van der Waals surface area (Å²) in [7, 11) is 0. The minimum absolute atomic E-state index is 0.716. The van der Waals surface area contributed by atoms with Gasteiger partial charge in [-0.3, -0.25) is 4.79 Å². The van der Waals surface area contributed by atoms with Crippen LogP contribution in [-0.4, -0.2) is 6.29 Å². The van der Waals surface area contributed by atoms with Gasteiger partial charge >= 0.3 is 0 Å². The molecule has 3 aromatic carbocycles. The highest BCUT2D eigenvalue weighted by Crippen LogP contribution is 2.30. The molecule has 0 saturated heterocycles. The molecule has 0 aliphatic heterocycles. The molecule has 92 valence electrons. The third-order valence-electron chi connectivity index (χ3n) is 3.24. The molecule has 3 aromatic rings. The summed E-state index contributed by atoms with van der Waals surface area (Å²) in [5.74, 6) is 0. The van der Waals surface area contributed by atoms with Crippen LogP contribution < -0.4 is 0 Å². The van der Waals surface area contributed by atoms with Crippen molar-refractivity contribution < 1.29 is 4.79 Å². The highest BCUT2D eigenvalue weighted by Gasteiger charge is 2.06. The van der Waals surface area contributed by atoms with E-state index in [4.69, 9.17) is 11.6 Å². The molecule has 3 rings (SSSR count). The van der Waals surface area contributed by atoms with Crippen molar-refractivity contribution in [2.45, 2.75) is 0 Å². The Balaban J connectivity index is 2.30. The van der Waals surface area contributed by atoms with Crippen molar-refractivity contribution in [2.24, 2.45) is 0 Å². The van der Waals surface area contributed by atoms with E-state index in [0.717, 1.165) is 33.2 Å². The first-order chi connectivity index (χ1) is 9.29. The fraction of sp³-hybridized carbons (Fsp3) is 0. The van der Waals surface area contributed by atoms with Crippen molar-refractivity contribution in [3.8, 4) is 11.1 Å². The molecule has 0 atom stereocenters. The maximum atomic E-state index is 11.1. The Morgan fingerprint density at radius 3 is 2.21 bits per heavy atom. The monoisotopic (exact) mass is 266 g/mol. The van der Waals surface area contributed by atoms with Crippen molar-refractivity contribution in [3.05, 3.63) is 71.2 Å². The molecule has 2 heteroatoms. The van der Waals surface area contributed by atoms with Crippen LogP contribution >= 0.6 is 11.6 Å². The highest BCUT2D eigenvalue weighted by molar-refractivity contribution is 6.30. The average molecular weight is 267 g/mol. The fourth-order valence-corrected chi connectivity index (χ4v) is 2.44. The van der Waals surface area contributed by atoms with Crippen LogP contribution in [0.25, 0.3) is 21.9 Å². The summed E-state index contributed by atoms with van der Waals surface area (Å²) < 4.78 is 0. The van der Waals surface area contributed by atoms with Gasteiger partial charge in [0.05, 0.1) is 0 Å². The third kappa shape index (κ3) is 2.13. The average Bonchev–Trinajstić information content (AvgIpc) is 2.47. The Morgan fingerprint density at radius 1 is 0.789 bits per heavy atom. The molecular weight excluding hydrogens is 256 g/mol. The van der Waals surface area contributed by atoms with Gasteiger partial charge in [0.2, 0.25) is 0 Å². The Kier molecular flexibility index (Phi) is 3.06. The molecule has 0 aliphatic carbocycles. The van der Waals surface area contributed by atoms with Crippen molar-refractivity contribution in [1.29, 1.82) is 0 Å². The number of carbonyl (C=O) groups excluding carboxylic acids is 1. The molecule has 0 N–H and O–H groups in total. The summed E-state index contributed by atoms with van der Waals surface area (Å²) in [6.45, 7) is 0. The van der Waals surface area contributed by atoms with E-state index in [0.29, 0.717) is 5.56 Å². The molecule has 0 fully saturated rings. The molecule has 1 nitrogen and oxygen atoms in total. The standard InChI is InChI=1S/C17H11ClO/c18-14-9-7-12(8-10-14)15-4-2-5-16-13(11-19)3-1-6-17(15)16/h1-11H. The van der Waals surface area contributed by atoms with Crippen molar-refractivity contribution in [1.82, 2.24) is 0 Å². The summed E-state index contributed by atoms with van der Waals surface area (Å²) in [6, 6.07) is 19.5. The van der Waals surface area contributed by atoms with Gasteiger partial charge in [-0.05, 0) is 34.0 Å². The molecule has 0 heterocycles. The molecule has 0 spiro atoms. The van der Waals surface area contributed by atoms with Crippen molar-refractivity contribution in [3.63, 3.8) is 0 Å². The predicted molar refractivity (Wildman–Crippen MR) is 79.8 cm³/mol. The van der Waals surface area contributed by atoms with Gasteiger partial charge in [-0.2, -0.15) is 0 Å². The first-order valence-electron chi connectivity index (χ1n) is 6.02. The number of carbonyl (C=O) groups is 1. The molecule has 0 aliphatic rings. The van der Waals surface area contributed by atoms with Crippen LogP contribution in [0.4, 0.5) is 0 Å². The number of hydrogen-bond acceptors (Lipinski definition) is 1. The maximum absolute atomic E-state index is 11.1. The van der Waals surface area contributed by atoms with Gasteiger partial charge in [-0.15, -0.1) is 0 Å². The lowest BCUT2D eigenvalue weighted by molar-refractivity contribution is 0.112. The quantitative estimate of drug-likeness (QED) is 0.598. The number of halogens is 1. The smallest absolute Gasteiger partial charge is 0.150 e. The summed E-state index contributed by atoms with van der Waals surface area (Å²) >= 11 is 5.92. The minimum Gasteiger partial charge on any atom is -0.298 e. The topological polar surface area (TPSA) is 17.1 Å². The van der Waals surface area contributed by atoms with Crippen molar-refractivity contribution in [2.75, 3.05) is 0 Å². The lowest BCUT2D eigenvalue weighted by Crippen LogP contribution is -1.86. The zero-order chi connectivity index (χ0) is 13.2. The molecule has 0 bridgehead atoms. The number of hydrogen-bond donors (Lipinski definition) is 0. The van der Waals surface area contributed by atoms with E-state index in [9.17, 15) is 4.79 Å². The van der Waals surface area contributed by atoms with E-state index in [1.165, 1.54) is 0 Å². The van der Waals surface area contributed by atoms with Gasteiger partial charge in [0.25, 0.3) is 0 Å². The van der Waals surface area contributed by atoms with E-state index in [2.05, 4.69) is 6.07 Å². The van der Waals surface area contributed by atoms with Crippen LogP contribution in [0.3, 0.4) is 0 Å². The second kappa shape index (κ2) is 4.87. The minimum atomic E-state index is 0.716. The number of fused-ring (bicyclic) bond motifs is 1.